The fourth-order valence-corrected chi connectivity index (χ4v) is 2.11. The molecule has 2 rings (SSSR count). The molecule has 0 amide bonds. The largest absolute Gasteiger partial charge is 0.476 e. The van der Waals surface area contributed by atoms with E-state index in [9.17, 15) is 4.79 Å². The minimum Gasteiger partial charge on any atom is -0.476 e. The summed E-state index contributed by atoms with van der Waals surface area (Å²) in [5.41, 5.74) is 0.850. The second-order valence-electron chi connectivity index (χ2n) is 4.35. The summed E-state index contributed by atoms with van der Waals surface area (Å²) < 4.78 is 1.75. The molecule has 0 atom stereocenters. The maximum atomic E-state index is 10.9. The van der Waals surface area contributed by atoms with Gasteiger partial charge in [-0.1, -0.05) is 31.4 Å². The molecule has 88 valence electrons. The molecule has 5 nitrogen and oxygen atoms in total. The highest BCUT2D eigenvalue weighted by atomic mass is 16.4. The van der Waals surface area contributed by atoms with Crippen LogP contribution in [-0.4, -0.2) is 26.1 Å². The van der Waals surface area contributed by atoms with Gasteiger partial charge in [0.2, 0.25) is 0 Å². The van der Waals surface area contributed by atoms with Crippen LogP contribution in [0.3, 0.4) is 0 Å². The molecule has 0 unspecified atom stereocenters. The van der Waals surface area contributed by atoms with Crippen LogP contribution in [0, 0.1) is 5.92 Å². The van der Waals surface area contributed by atoms with E-state index < -0.39 is 5.97 Å². The van der Waals surface area contributed by atoms with E-state index in [0.29, 0.717) is 6.42 Å². The molecule has 0 radical (unpaired) electrons. The Labute approximate surface area is 94.5 Å². The molecule has 1 N–H and O–H groups in total. The van der Waals surface area contributed by atoms with E-state index in [4.69, 9.17) is 5.11 Å². The fraction of sp³-hybridized carbons (Fsp3) is 0.727. The number of hydrogen-bond donors (Lipinski definition) is 1. The average Bonchev–Trinajstić information content (AvgIpc) is 2.58. The third-order valence-electron chi connectivity index (χ3n) is 3.35. The van der Waals surface area contributed by atoms with Crippen molar-refractivity contribution >= 4 is 5.97 Å². The van der Waals surface area contributed by atoms with Crippen molar-refractivity contribution in [1.29, 1.82) is 0 Å². The van der Waals surface area contributed by atoms with Crippen LogP contribution in [-0.2, 0) is 13.0 Å². The normalized spacial score (nSPS) is 16.1. The van der Waals surface area contributed by atoms with Crippen molar-refractivity contribution in [2.24, 2.45) is 5.92 Å². The molecule has 1 aromatic heterocycles. The lowest BCUT2D eigenvalue weighted by Gasteiger charge is -2.25. The number of carboxylic acid groups (broad SMARTS) is 1. The smallest absolute Gasteiger partial charge is 0.358 e. The van der Waals surface area contributed by atoms with Crippen molar-refractivity contribution in [1.82, 2.24) is 15.0 Å². The molecule has 16 heavy (non-hydrogen) atoms. The first-order valence-corrected chi connectivity index (χ1v) is 5.88. The van der Waals surface area contributed by atoms with Gasteiger partial charge in [-0.2, -0.15) is 0 Å². The zero-order chi connectivity index (χ0) is 11.5. The van der Waals surface area contributed by atoms with Crippen LogP contribution in [0.4, 0.5) is 0 Å². The third kappa shape index (κ3) is 2.08. The minimum atomic E-state index is -0.980. The van der Waals surface area contributed by atoms with Gasteiger partial charge in [-0.25, -0.2) is 9.48 Å². The molecule has 1 aromatic rings. The molecule has 0 aliphatic heterocycles. The van der Waals surface area contributed by atoms with Crippen molar-refractivity contribution in [3.8, 4) is 0 Å². The number of nitrogens with zero attached hydrogens (tertiary/aromatic N) is 3. The average molecular weight is 223 g/mol. The maximum Gasteiger partial charge on any atom is 0.358 e. The third-order valence-corrected chi connectivity index (χ3v) is 3.35. The van der Waals surface area contributed by atoms with Crippen LogP contribution in [0.2, 0.25) is 0 Å². The van der Waals surface area contributed by atoms with Crippen molar-refractivity contribution in [2.75, 3.05) is 0 Å². The number of carboxylic acids is 1. The highest BCUT2D eigenvalue weighted by Gasteiger charge is 2.20. The molecule has 1 fully saturated rings. The van der Waals surface area contributed by atoms with Crippen molar-refractivity contribution < 1.29 is 9.90 Å². The lowest BCUT2D eigenvalue weighted by atomic mass is 9.83. The number of rotatable bonds is 5. The van der Waals surface area contributed by atoms with E-state index in [1.807, 2.05) is 6.92 Å². The summed E-state index contributed by atoms with van der Waals surface area (Å²) in [7, 11) is 0. The van der Waals surface area contributed by atoms with Crippen molar-refractivity contribution in [3.05, 3.63) is 11.4 Å². The number of aromatic carboxylic acids is 1. The van der Waals surface area contributed by atoms with Gasteiger partial charge in [-0.3, -0.25) is 0 Å². The van der Waals surface area contributed by atoms with Crippen molar-refractivity contribution in [2.45, 2.75) is 45.6 Å². The van der Waals surface area contributed by atoms with Gasteiger partial charge in [0.1, 0.15) is 0 Å². The first kappa shape index (κ1) is 11.1. The molecule has 0 aromatic carbocycles. The molecule has 1 aliphatic rings. The van der Waals surface area contributed by atoms with Crippen LogP contribution in [0.5, 0.6) is 0 Å². The Bertz CT molecular complexity index is 383. The second kappa shape index (κ2) is 4.63. The van der Waals surface area contributed by atoms with Crippen molar-refractivity contribution in [3.63, 3.8) is 0 Å². The van der Waals surface area contributed by atoms with Crippen LogP contribution in [0.25, 0.3) is 0 Å². The fourth-order valence-electron chi connectivity index (χ4n) is 2.11. The molecule has 1 aliphatic carbocycles. The first-order chi connectivity index (χ1) is 7.72. The Balaban J connectivity index is 2.04. The number of carbonyl (C=O) groups is 1. The predicted octanol–water partition coefficient (Wildman–Crippen LogP) is 1.73. The molecule has 1 saturated carbocycles. The maximum absolute atomic E-state index is 10.9. The molecule has 1 heterocycles. The van der Waals surface area contributed by atoms with E-state index in [1.54, 1.807) is 4.68 Å². The quantitative estimate of drug-likeness (QED) is 0.825. The lowest BCUT2D eigenvalue weighted by molar-refractivity contribution is 0.0689. The Kier molecular flexibility index (Phi) is 3.22. The molecule has 5 heteroatoms. The van der Waals surface area contributed by atoms with Crippen LogP contribution in [0.15, 0.2) is 0 Å². The molecular formula is C11H17N3O2. The summed E-state index contributed by atoms with van der Waals surface area (Å²) >= 11 is 0. The SMILES string of the molecule is CCc1c(C(=O)O)nnn1CCC1CCC1. The Morgan fingerprint density at radius 3 is 2.81 bits per heavy atom. The summed E-state index contributed by atoms with van der Waals surface area (Å²) in [6, 6.07) is 0. The van der Waals surface area contributed by atoms with Crippen LogP contribution < -0.4 is 0 Å². The number of aryl methyl sites for hydroxylation is 1. The summed E-state index contributed by atoms with van der Waals surface area (Å²) in [5, 5.41) is 16.6. The summed E-state index contributed by atoms with van der Waals surface area (Å²) in [5.74, 6) is -0.172. The van der Waals surface area contributed by atoms with Gasteiger partial charge in [0.15, 0.2) is 5.69 Å². The highest BCUT2D eigenvalue weighted by molar-refractivity contribution is 5.86. The van der Waals surface area contributed by atoms with E-state index >= 15 is 0 Å². The van der Waals surface area contributed by atoms with E-state index in [-0.39, 0.29) is 5.69 Å². The summed E-state index contributed by atoms with van der Waals surface area (Å²) in [4.78, 5) is 10.9. The van der Waals surface area contributed by atoms with E-state index in [0.717, 1.165) is 24.6 Å². The number of hydrogen-bond acceptors (Lipinski definition) is 3. The van der Waals surface area contributed by atoms with Gasteiger partial charge in [0, 0.05) is 6.54 Å². The predicted molar refractivity (Wildman–Crippen MR) is 58.3 cm³/mol. The monoisotopic (exact) mass is 223 g/mol. The summed E-state index contributed by atoms with van der Waals surface area (Å²) in [6.45, 7) is 2.74. The molecule has 0 saturated heterocycles. The van der Waals surface area contributed by atoms with Crippen LogP contribution >= 0.6 is 0 Å². The number of aromatic nitrogens is 3. The van der Waals surface area contributed by atoms with Gasteiger partial charge in [-0.15, -0.1) is 5.10 Å². The van der Waals surface area contributed by atoms with E-state index in [2.05, 4.69) is 10.3 Å². The van der Waals surface area contributed by atoms with Gasteiger partial charge < -0.3 is 5.11 Å². The zero-order valence-corrected chi connectivity index (χ0v) is 9.52. The first-order valence-electron chi connectivity index (χ1n) is 5.88. The Morgan fingerprint density at radius 1 is 1.56 bits per heavy atom. The second-order valence-corrected chi connectivity index (χ2v) is 4.35. The molecule has 0 bridgehead atoms. The molecule has 0 spiro atoms. The van der Waals surface area contributed by atoms with Gasteiger partial charge in [0.05, 0.1) is 5.69 Å². The van der Waals surface area contributed by atoms with Crippen LogP contribution in [0.1, 0.15) is 48.8 Å². The zero-order valence-electron chi connectivity index (χ0n) is 9.52. The Morgan fingerprint density at radius 2 is 2.31 bits per heavy atom. The standard InChI is InChI=1S/C11H17N3O2/c1-2-9-10(11(15)16)12-13-14(9)7-6-8-4-3-5-8/h8H,2-7H2,1H3,(H,15,16). The lowest BCUT2D eigenvalue weighted by Crippen LogP contribution is -2.16. The van der Waals surface area contributed by atoms with Gasteiger partial charge in [-0.05, 0) is 18.8 Å². The molecular weight excluding hydrogens is 206 g/mol. The highest BCUT2D eigenvalue weighted by Crippen LogP contribution is 2.29. The summed E-state index contributed by atoms with van der Waals surface area (Å²) in [6.07, 6.45) is 5.71. The van der Waals surface area contributed by atoms with Gasteiger partial charge in [0.25, 0.3) is 0 Å². The van der Waals surface area contributed by atoms with E-state index in [1.165, 1.54) is 19.3 Å². The Hall–Kier alpha value is -1.39. The van der Waals surface area contributed by atoms with Gasteiger partial charge >= 0.3 is 5.97 Å². The topological polar surface area (TPSA) is 68.0 Å². The minimum absolute atomic E-state index is 0.108.